The van der Waals surface area contributed by atoms with Crippen molar-refractivity contribution in [2.75, 3.05) is 13.6 Å². The van der Waals surface area contributed by atoms with Crippen molar-refractivity contribution in [1.82, 2.24) is 5.32 Å². The van der Waals surface area contributed by atoms with Crippen LogP contribution in [0.3, 0.4) is 0 Å². The summed E-state index contributed by atoms with van der Waals surface area (Å²) in [5.74, 6) is -0.769. The molecule has 0 aliphatic carbocycles. The van der Waals surface area contributed by atoms with E-state index in [-0.39, 0.29) is 12.5 Å². The molecular weight excluding hydrogens is 144 g/mol. The summed E-state index contributed by atoms with van der Waals surface area (Å²) in [5, 5.41) is 11.3. The number of aliphatic imine (C=N–C) groups is 1. The first kappa shape index (κ1) is 10.1. The minimum atomic E-state index is -0.769. The number of carboxylic acid groups (broad SMARTS) is 1. The largest absolute Gasteiger partial charge is 0.481 e. The Morgan fingerprint density at radius 2 is 2.45 bits per heavy atom. The zero-order valence-electron chi connectivity index (χ0n) is 6.71. The molecule has 4 nitrogen and oxygen atoms in total. The maximum absolute atomic E-state index is 10.1. The zero-order valence-corrected chi connectivity index (χ0v) is 6.71. The van der Waals surface area contributed by atoms with Crippen LogP contribution >= 0.6 is 0 Å². The lowest BCUT2D eigenvalue weighted by molar-refractivity contribution is -0.137. The van der Waals surface area contributed by atoms with Crippen molar-refractivity contribution in [2.45, 2.75) is 18.9 Å². The summed E-state index contributed by atoms with van der Waals surface area (Å²) in [6, 6.07) is 0.142. The van der Waals surface area contributed by atoms with E-state index in [1.807, 2.05) is 0 Å². The molecule has 0 saturated heterocycles. The molecule has 1 unspecified atom stereocenters. The van der Waals surface area contributed by atoms with E-state index in [9.17, 15) is 4.79 Å². The summed E-state index contributed by atoms with van der Waals surface area (Å²) >= 11 is 0. The van der Waals surface area contributed by atoms with Crippen molar-refractivity contribution in [3.8, 4) is 0 Å². The number of aliphatic carboxylic acids is 1. The Morgan fingerprint density at radius 3 is 2.82 bits per heavy atom. The maximum Gasteiger partial charge on any atom is 0.303 e. The quantitative estimate of drug-likeness (QED) is 0.540. The molecule has 0 aromatic heterocycles. The minimum Gasteiger partial charge on any atom is -0.481 e. The molecule has 11 heavy (non-hydrogen) atoms. The second-order valence-corrected chi connectivity index (χ2v) is 2.32. The lowest BCUT2D eigenvalue weighted by Gasteiger charge is -2.10. The second-order valence-electron chi connectivity index (χ2n) is 2.32. The van der Waals surface area contributed by atoms with Crippen molar-refractivity contribution in [1.29, 1.82) is 0 Å². The number of rotatable bonds is 6. The Balaban J connectivity index is 3.51. The molecule has 2 N–H and O–H groups in total. The molecule has 0 amide bonds. The van der Waals surface area contributed by atoms with Crippen molar-refractivity contribution in [3.05, 3.63) is 0 Å². The van der Waals surface area contributed by atoms with Crippen LogP contribution in [0.5, 0.6) is 0 Å². The summed E-state index contributed by atoms with van der Waals surface area (Å²) < 4.78 is 0. The smallest absolute Gasteiger partial charge is 0.303 e. The highest BCUT2D eigenvalue weighted by molar-refractivity contribution is 5.66. The van der Waals surface area contributed by atoms with Gasteiger partial charge in [0.25, 0.3) is 0 Å². The lowest BCUT2D eigenvalue weighted by Crippen LogP contribution is -2.28. The molecule has 4 heteroatoms. The first-order chi connectivity index (χ1) is 5.20. The van der Waals surface area contributed by atoms with Gasteiger partial charge in [0.15, 0.2) is 0 Å². The highest BCUT2D eigenvalue weighted by Gasteiger charge is 2.06. The fourth-order valence-electron chi connectivity index (χ4n) is 0.780. The highest BCUT2D eigenvalue weighted by atomic mass is 16.4. The Hall–Kier alpha value is -0.900. The third kappa shape index (κ3) is 5.54. The van der Waals surface area contributed by atoms with Gasteiger partial charge >= 0.3 is 5.97 Å². The van der Waals surface area contributed by atoms with Gasteiger partial charge < -0.3 is 10.4 Å². The number of carbonyl (C=O) groups is 1. The van der Waals surface area contributed by atoms with Gasteiger partial charge in [0.2, 0.25) is 0 Å². The van der Waals surface area contributed by atoms with Crippen LogP contribution in [-0.2, 0) is 4.79 Å². The van der Waals surface area contributed by atoms with E-state index in [0.29, 0.717) is 13.0 Å². The van der Waals surface area contributed by atoms with Gasteiger partial charge in [-0.2, -0.15) is 0 Å². The molecule has 64 valence electrons. The average molecular weight is 158 g/mol. The van der Waals surface area contributed by atoms with E-state index >= 15 is 0 Å². The monoisotopic (exact) mass is 158 g/mol. The Labute approximate surface area is 66.3 Å². The topological polar surface area (TPSA) is 61.7 Å². The number of nitrogens with zero attached hydrogens (tertiary/aromatic N) is 1. The van der Waals surface area contributed by atoms with Gasteiger partial charge in [-0.1, -0.05) is 0 Å². The van der Waals surface area contributed by atoms with E-state index in [0.717, 1.165) is 0 Å². The van der Waals surface area contributed by atoms with Crippen LogP contribution in [0.25, 0.3) is 0 Å². The van der Waals surface area contributed by atoms with E-state index < -0.39 is 5.97 Å². The molecule has 0 spiro atoms. The molecule has 0 aromatic carbocycles. The van der Waals surface area contributed by atoms with Gasteiger partial charge in [0.05, 0.1) is 6.54 Å². The predicted octanol–water partition coefficient (Wildman–Crippen LogP) is 0.140. The number of hydrogen-bond donors (Lipinski definition) is 2. The van der Waals surface area contributed by atoms with Crippen LogP contribution in [-0.4, -0.2) is 37.4 Å². The molecule has 0 aliphatic rings. The summed E-state index contributed by atoms with van der Waals surface area (Å²) in [6.45, 7) is 3.91. The fraction of sp³-hybridized carbons (Fsp3) is 0.714. The number of carboxylic acids is 1. The van der Waals surface area contributed by atoms with E-state index in [1.54, 1.807) is 7.05 Å². The Bertz CT molecular complexity index is 136. The van der Waals surface area contributed by atoms with Crippen LogP contribution < -0.4 is 5.32 Å². The van der Waals surface area contributed by atoms with Crippen molar-refractivity contribution >= 4 is 12.7 Å². The molecule has 0 aliphatic heterocycles. The minimum absolute atomic E-state index is 0.142. The first-order valence-corrected chi connectivity index (χ1v) is 3.52. The molecule has 0 saturated carbocycles. The van der Waals surface area contributed by atoms with Gasteiger partial charge in [-0.25, -0.2) is 0 Å². The summed E-state index contributed by atoms with van der Waals surface area (Å²) in [7, 11) is 1.79. The lowest BCUT2D eigenvalue weighted by atomic mass is 10.1. The van der Waals surface area contributed by atoms with Crippen molar-refractivity contribution < 1.29 is 9.90 Å². The van der Waals surface area contributed by atoms with Crippen LogP contribution in [0.4, 0.5) is 0 Å². The zero-order chi connectivity index (χ0) is 8.69. The van der Waals surface area contributed by atoms with Gasteiger partial charge in [-0.15, -0.1) is 0 Å². The number of likely N-dealkylation sites (N-methyl/N-ethyl adjacent to an activating group) is 1. The van der Waals surface area contributed by atoms with Gasteiger partial charge in [-0.3, -0.25) is 9.79 Å². The average Bonchev–Trinajstić information content (AvgIpc) is 1.97. The van der Waals surface area contributed by atoms with Crippen LogP contribution in [0.2, 0.25) is 0 Å². The Kier molecular flexibility index (Phi) is 5.37. The number of hydrogen-bond acceptors (Lipinski definition) is 3. The van der Waals surface area contributed by atoms with Gasteiger partial charge in [-0.05, 0) is 20.2 Å². The fourth-order valence-corrected chi connectivity index (χ4v) is 0.780. The van der Waals surface area contributed by atoms with E-state index in [1.165, 1.54) is 0 Å². The van der Waals surface area contributed by atoms with Crippen LogP contribution in [0.1, 0.15) is 12.8 Å². The third-order valence-electron chi connectivity index (χ3n) is 1.46. The first-order valence-electron chi connectivity index (χ1n) is 3.52. The molecule has 0 radical (unpaired) electrons. The Morgan fingerprint density at radius 1 is 1.82 bits per heavy atom. The molecule has 0 bridgehead atoms. The molecule has 0 aromatic rings. The summed E-state index contributed by atoms with van der Waals surface area (Å²) in [6.07, 6.45) is 0.784. The van der Waals surface area contributed by atoms with Gasteiger partial charge in [0.1, 0.15) is 0 Å². The van der Waals surface area contributed by atoms with Gasteiger partial charge in [0, 0.05) is 12.5 Å². The summed E-state index contributed by atoms with van der Waals surface area (Å²) in [4.78, 5) is 13.8. The SMILES string of the molecule is C=NCC(CCC(=O)O)NC. The molecule has 1 atom stereocenters. The van der Waals surface area contributed by atoms with Crippen LogP contribution in [0.15, 0.2) is 4.99 Å². The molecule has 0 rings (SSSR count). The highest BCUT2D eigenvalue weighted by Crippen LogP contribution is 1.96. The third-order valence-corrected chi connectivity index (χ3v) is 1.46. The standard InChI is InChI=1S/C7H14N2O2/c1-8-5-6(9-2)3-4-7(10)11/h6,9H,1,3-5H2,2H3,(H,10,11). The molecular formula is C7H14N2O2. The predicted molar refractivity (Wildman–Crippen MR) is 44.1 cm³/mol. The molecule has 0 fully saturated rings. The molecule has 0 heterocycles. The van der Waals surface area contributed by atoms with Crippen molar-refractivity contribution in [3.63, 3.8) is 0 Å². The summed E-state index contributed by atoms with van der Waals surface area (Å²) in [5.41, 5.74) is 0. The van der Waals surface area contributed by atoms with Crippen molar-refractivity contribution in [2.24, 2.45) is 4.99 Å². The van der Waals surface area contributed by atoms with Crippen LogP contribution in [0, 0.1) is 0 Å². The second kappa shape index (κ2) is 5.85. The number of nitrogens with one attached hydrogen (secondary N) is 1. The van der Waals surface area contributed by atoms with E-state index in [4.69, 9.17) is 5.11 Å². The maximum atomic E-state index is 10.1. The normalized spacial score (nSPS) is 12.5. The van der Waals surface area contributed by atoms with E-state index in [2.05, 4.69) is 17.0 Å².